The molecule has 0 aliphatic carbocycles. The van der Waals surface area contributed by atoms with Crippen LogP contribution in [-0.4, -0.2) is 48.4 Å². The number of carbonyl (C=O) groups excluding carboxylic acids is 1. The van der Waals surface area contributed by atoms with Gasteiger partial charge in [0.05, 0.1) is 12.6 Å². The van der Waals surface area contributed by atoms with Crippen LogP contribution in [0.3, 0.4) is 0 Å². The predicted octanol–water partition coefficient (Wildman–Crippen LogP) is 4.64. The van der Waals surface area contributed by atoms with Crippen LogP contribution in [0.25, 0.3) is 0 Å². The highest BCUT2D eigenvalue weighted by molar-refractivity contribution is 6.35. The maximum atomic E-state index is 12.4. The van der Waals surface area contributed by atoms with Crippen LogP contribution in [0.2, 0.25) is 15.1 Å². The first kappa shape index (κ1) is 21.4. The van der Waals surface area contributed by atoms with Crippen LogP contribution in [-0.2, 0) is 11.3 Å². The summed E-state index contributed by atoms with van der Waals surface area (Å²) >= 11 is 18.1. The Morgan fingerprint density at radius 3 is 2.21 bits per heavy atom. The van der Waals surface area contributed by atoms with Gasteiger partial charge in [-0.2, -0.15) is 0 Å². The molecule has 1 atom stereocenters. The number of piperazine rings is 1. The van der Waals surface area contributed by atoms with Crippen molar-refractivity contribution in [3.63, 3.8) is 0 Å². The van der Waals surface area contributed by atoms with E-state index in [4.69, 9.17) is 34.8 Å². The van der Waals surface area contributed by atoms with E-state index in [-0.39, 0.29) is 11.9 Å². The molecule has 2 aromatic rings. The lowest BCUT2D eigenvalue weighted by Gasteiger charge is -2.34. The Morgan fingerprint density at radius 2 is 1.57 bits per heavy atom. The lowest BCUT2D eigenvalue weighted by molar-refractivity contribution is -0.123. The normalized spacial score (nSPS) is 16.7. The summed E-state index contributed by atoms with van der Waals surface area (Å²) in [6.07, 6.45) is 0. The van der Waals surface area contributed by atoms with Crippen molar-refractivity contribution >= 4 is 40.7 Å². The van der Waals surface area contributed by atoms with Crippen molar-refractivity contribution in [1.29, 1.82) is 0 Å². The maximum absolute atomic E-state index is 12.4. The van der Waals surface area contributed by atoms with Crippen LogP contribution in [0.15, 0.2) is 42.5 Å². The predicted molar refractivity (Wildman–Crippen MR) is 116 cm³/mol. The summed E-state index contributed by atoms with van der Waals surface area (Å²) in [6.45, 7) is 6.85. The van der Waals surface area contributed by atoms with Crippen LogP contribution < -0.4 is 5.32 Å². The van der Waals surface area contributed by atoms with E-state index in [0.717, 1.165) is 43.3 Å². The van der Waals surface area contributed by atoms with Crippen LogP contribution in [0, 0.1) is 0 Å². The fourth-order valence-electron chi connectivity index (χ4n) is 3.37. The Hall–Kier alpha value is -1.30. The Kier molecular flexibility index (Phi) is 7.61. The number of nitrogens with one attached hydrogen (secondary N) is 1. The van der Waals surface area contributed by atoms with Gasteiger partial charge in [-0.1, -0.05) is 53.0 Å². The number of benzene rings is 2. The van der Waals surface area contributed by atoms with Crippen molar-refractivity contribution in [1.82, 2.24) is 15.1 Å². The highest BCUT2D eigenvalue weighted by Gasteiger charge is 2.20. The average molecular weight is 441 g/mol. The van der Waals surface area contributed by atoms with Crippen molar-refractivity contribution in [3.05, 3.63) is 68.7 Å². The van der Waals surface area contributed by atoms with E-state index in [2.05, 4.69) is 27.2 Å². The zero-order chi connectivity index (χ0) is 20.1. The summed E-state index contributed by atoms with van der Waals surface area (Å²) in [6, 6.07) is 13.1. The van der Waals surface area contributed by atoms with Gasteiger partial charge in [0.1, 0.15) is 0 Å². The molecular formula is C21H24Cl3N3O. The number of hydrogen-bond acceptors (Lipinski definition) is 3. The SMILES string of the molecule is C[C@@H](NC(=O)CN1CCN(Cc2ccc(Cl)cc2)CC1)c1ccc(Cl)cc1Cl. The van der Waals surface area contributed by atoms with E-state index >= 15 is 0 Å². The third-order valence-corrected chi connectivity index (χ3v) is 5.77. The van der Waals surface area contributed by atoms with Gasteiger partial charge in [0.2, 0.25) is 5.91 Å². The standard InChI is InChI=1S/C21H24Cl3N3O/c1-15(19-7-6-18(23)12-20(19)24)25-21(28)14-27-10-8-26(9-11-27)13-16-2-4-17(22)5-3-16/h2-7,12,15H,8-11,13-14H2,1H3,(H,25,28)/t15-/m1/s1. The zero-order valence-electron chi connectivity index (χ0n) is 15.8. The molecule has 0 aromatic heterocycles. The van der Waals surface area contributed by atoms with Crippen molar-refractivity contribution in [2.75, 3.05) is 32.7 Å². The van der Waals surface area contributed by atoms with Crippen LogP contribution in [0.5, 0.6) is 0 Å². The first-order chi connectivity index (χ1) is 13.4. The summed E-state index contributed by atoms with van der Waals surface area (Å²) in [4.78, 5) is 17.0. The monoisotopic (exact) mass is 439 g/mol. The number of rotatable bonds is 6. The van der Waals surface area contributed by atoms with Crippen LogP contribution in [0.1, 0.15) is 24.1 Å². The Bertz CT molecular complexity index is 805. The molecule has 1 fully saturated rings. The molecule has 0 saturated carbocycles. The van der Waals surface area contributed by atoms with Gasteiger partial charge in [-0.05, 0) is 42.3 Å². The van der Waals surface area contributed by atoms with Gasteiger partial charge in [0.25, 0.3) is 0 Å². The van der Waals surface area contributed by atoms with E-state index in [1.807, 2.05) is 25.1 Å². The summed E-state index contributed by atoms with van der Waals surface area (Å²) < 4.78 is 0. The fourth-order valence-corrected chi connectivity index (χ4v) is 4.07. The molecule has 0 radical (unpaired) electrons. The molecule has 4 nitrogen and oxygen atoms in total. The molecule has 3 rings (SSSR count). The van der Waals surface area contributed by atoms with E-state index in [0.29, 0.717) is 16.6 Å². The topological polar surface area (TPSA) is 35.6 Å². The van der Waals surface area contributed by atoms with Crippen molar-refractivity contribution in [3.8, 4) is 0 Å². The molecule has 0 spiro atoms. The van der Waals surface area contributed by atoms with Gasteiger partial charge in [-0.25, -0.2) is 0 Å². The van der Waals surface area contributed by atoms with Gasteiger partial charge in [0, 0.05) is 47.8 Å². The van der Waals surface area contributed by atoms with Crippen LogP contribution >= 0.6 is 34.8 Å². The summed E-state index contributed by atoms with van der Waals surface area (Å²) in [5, 5.41) is 4.94. The first-order valence-corrected chi connectivity index (χ1v) is 10.5. The molecular weight excluding hydrogens is 417 g/mol. The molecule has 7 heteroatoms. The first-order valence-electron chi connectivity index (χ1n) is 9.34. The minimum atomic E-state index is -0.163. The molecule has 150 valence electrons. The molecule has 0 bridgehead atoms. The summed E-state index contributed by atoms with van der Waals surface area (Å²) in [5.74, 6) is 0.00432. The van der Waals surface area contributed by atoms with Gasteiger partial charge in [0.15, 0.2) is 0 Å². The minimum absolute atomic E-state index is 0.00432. The maximum Gasteiger partial charge on any atom is 0.234 e. The van der Waals surface area contributed by atoms with Gasteiger partial charge >= 0.3 is 0 Å². The second kappa shape index (κ2) is 9.95. The highest BCUT2D eigenvalue weighted by atomic mass is 35.5. The van der Waals surface area contributed by atoms with E-state index in [9.17, 15) is 4.79 Å². The summed E-state index contributed by atoms with van der Waals surface area (Å²) in [7, 11) is 0. The number of amides is 1. The molecule has 1 aliphatic rings. The molecule has 28 heavy (non-hydrogen) atoms. The Labute approximate surface area is 181 Å². The molecule has 0 unspecified atom stereocenters. The number of carbonyl (C=O) groups is 1. The number of hydrogen-bond donors (Lipinski definition) is 1. The Morgan fingerprint density at radius 1 is 0.964 bits per heavy atom. The molecule has 1 saturated heterocycles. The molecule has 1 amide bonds. The lowest BCUT2D eigenvalue weighted by atomic mass is 10.1. The van der Waals surface area contributed by atoms with Gasteiger partial charge in [-0.3, -0.25) is 14.6 Å². The van der Waals surface area contributed by atoms with E-state index in [1.165, 1.54) is 5.56 Å². The molecule has 1 N–H and O–H groups in total. The fraction of sp³-hybridized carbons (Fsp3) is 0.381. The smallest absolute Gasteiger partial charge is 0.234 e. The third-order valence-electron chi connectivity index (χ3n) is 4.96. The average Bonchev–Trinajstić information content (AvgIpc) is 2.65. The lowest BCUT2D eigenvalue weighted by Crippen LogP contribution is -2.49. The second-order valence-corrected chi connectivity index (χ2v) is 8.41. The van der Waals surface area contributed by atoms with Crippen LogP contribution in [0.4, 0.5) is 0 Å². The minimum Gasteiger partial charge on any atom is -0.348 e. The van der Waals surface area contributed by atoms with E-state index < -0.39 is 0 Å². The van der Waals surface area contributed by atoms with E-state index in [1.54, 1.807) is 12.1 Å². The second-order valence-electron chi connectivity index (χ2n) is 7.13. The number of nitrogens with zero attached hydrogens (tertiary/aromatic N) is 2. The zero-order valence-corrected chi connectivity index (χ0v) is 18.1. The van der Waals surface area contributed by atoms with Crippen molar-refractivity contribution in [2.45, 2.75) is 19.5 Å². The summed E-state index contributed by atoms with van der Waals surface area (Å²) in [5.41, 5.74) is 2.12. The van der Waals surface area contributed by atoms with Crippen molar-refractivity contribution < 1.29 is 4.79 Å². The Balaban J connectivity index is 1.43. The highest BCUT2D eigenvalue weighted by Crippen LogP contribution is 2.26. The van der Waals surface area contributed by atoms with Gasteiger partial charge in [-0.15, -0.1) is 0 Å². The molecule has 2 aromatic carbocycles. The largest absolute Gasteiger partial charge is 0.348 e. The molecule has 1 heterocycles. The number of halogens is 3. The van der Waals surface area contributed by atoms with Crippen molar-refractivity contribution in [2.24, 2.45) is 0 Å². The third kappa shape index (κ3) is 6.10. The molecule has 1 aliphatic heterocycles. The quantitative estimate of drug-likeness (QED) is 0.710. The van der Waals surface area contributed by atoms with Gasteiger partial charge < -0.3 is 5.32 Å².